The minimum Gasteiger partial charge on any atom is -0.258 e. The number of rotatable bonds is 2. The lowest BCUT2D eigenvalue weighted by Gasteiger charge is -1.98. The molecule has 0 fully saturated rings. The average molecular weight is 297 g/mol. The Labute approximate surface area is 137 Å². The van der Waals surface area contributed by atoms with Crippen LogP contribution in [0.25, 0.3) is 0 Å². The van der Waals surface area contributed by atoms with Crippen molar-refractivity contribution in [2.75, 3.05) is 0 Å². The Bertz CT molecular complexity index is 521. The van der Waals surface area contributed by atoms with Crippen LogP contribution in [0.2, 0.25) is 0 Å². The van der Waals surface area contributed by atoms with E-state index in [4.69, 9.17) is 0 Å². The van der Waals surface area contributed by atoms with Crippen LogP contribution in [-0.4, -0.2) is 5.71 Å². The van der Waals surface area contributed by atoms with Gasteiger partial charge in [-0.2, -0.15) is 0 Å². The van der Waals surface area contributed by atoms with Gasteiger partial charge < -0.3 is 0 Å². The monoisotopic (exact) mass is 297 g/mol. The van der Waals surface area contributed by atoms with Crippen LogP contribution in [-0.2, 0) is 0 Å². The summed E-state index contributed by atoms with van der Waals surface area (Å²) >= 11 is 0. The van der Waals surface area contributed by atoms with Gasteiger partial charge in [0.2, 0.25) is 0 Å². The SMILES string of the molecule is CC(C)=Nc1ccccc1C.CCCC.Cc1ccccc1. The lowest BCUT2D eigenvalue weighted by Crippen LogP contribution is -1.80. The zero-order valence-electron chi connectivity index (χ0n) is 15.1. The third-order valence-electron chi connectivity index (χ3n) is 2.90. The van der Waals surface area contributed by atoms with E-state index >= 15 is 0 Å². The first-order valence-electron chi connectivity index (χ1n) is 8.10. The first-order chi connectivity index (χ1) is 10.5. The van der Waals surface area contributed by atoms with E-state index in [2.05, 4.69) is 50.9 Å². The van der Waals surface area contributed by atoms with E-state index < -0.39 is 0 Å². The lowest BCUT2D eigenvalue weighted by molar-refractivity contribution is 0.886. The zero-order chi connectivity index (χ0) is 16.8. The molecule has 22 heavy (non-hydrogen) atoms. The van der Waals surface area contributed by atoms with Crippen molar-refractivity contribution in [2.45, 2.75) is 54.4 Å². The summed E-state index contributed by atoms with van der Waals surface area (Å²) in [6.45, 7) is 12.5. The van der Waals surface area contributed by atoms with Gasteiger partial charge in [-0.15, -0.1) is 0 Å². The summed E-state index contributed by atoms with van der Waals surface area (Å²) in [7, 11) is 0. The molecule has 2 aromatic rings. The number of hydrogen-bond donors (Lipinski definition) is 0. The molecular weight excluding hydrogens is 266 g/mol. The van der Waals surface area contributed by atoms with Crippen molar-refractivity contribution in [3.8, 4) is 0 Å². The van der Waals surface area contributed by atoms with E-state index in [0.717, 1.165) is 11.4 Å². The second-order valence-corrected chi connectivity index (χ2v) is 5.50. The largest absolute Gasteiger partial charge is 0.258 e. The van der Waals surface area contributed by atoms with Gasteiger partial charge in [0.25, 0.3) is 0 Å². The number of benzene rings is 2. The molecule has 0 heterocycles. The highest BCUT2D eigenvalue weighted by Crippen LogP contribution is 2.16. The molecule has 0 atom stereocenters. The Morgan fingerprint density at radius 2 is 1.27 bits per heavy atom. The van der Waals surface area contributed by atoms with Crippen LogP contribution in [0.15, 0.2) is 59.6 Å². The zero-order valence-corrected chi connectivity index (χ0v) is 15.1. The molecule has 0 N–H and O–H groups in total. The first-order valence-corrected chi connectivity index (χ1v) is 8.10. The second-order valence-electron chi connectivity index (χ2n) is 5.50. The fraction of sp³-hybridized carbons (Fsp3) is 0.381. The van der Waals surface area contributed by atoms with Crippen LogP contribution in [0.4, 0.5) is 5.69 Å². The maximum absolute atomic E-state index is 4.38. The van der Waals surface area contributed by atoms with Gasteiger partial charge in [-0.3, -0.25) is 4.99 Å². The minimum atomic E-state index is 1.08. The molecule has 0 aliphatic heterocycles. The van der Waals surface area contributed by atoms with Crippen molar-refractivity contribution >= 4 is 11.4 Å². The summed E-state index contributed by atoms with van der Waals surface area (Å²) in [5.41, 5.74) is 4.73. The standard InChI is InChI=1S/C10H13N.C7H8.C4H10/c1-8(2)11-10-7-5-4-6-9(10)3;1-7-5-3-2-4-6-7;1-3-4-2/h4-7H,1-3H3;2-6H,1H3;3-4H2,1-2H3. The summed E-state index contributed by atoms with van der Waals surface area (Å²) in [6, 6.07) is 18.4. The van der Waals surface area contributed by atoms with Gasteiger partial charge in [-0.1, -0.05) is 80.8 Å². The topological polar surface area (TPSA) is 12.4 Å². The summed E-state index contributed by atoms with van der Waals surface area (Å²) in [5.74, 6) is 0. The molecule has 0 bridgehead atoms. The number of unbranched alkanes of at least 4 members (excludes halogenated alkanes) is 1. The number of hydrogen-bond acceptors (Lipinski definition) is 1. The Balaban J connectivity index is 0.000000343. The maximum Gasteiger partial charge on any atom is 0.0657 e. The molecule has 0 spiro atoms. The Morgan fingerprint density at radius 1 is 0.773 bits per heavy atom. The predicted molar refractivity (Wildman–Crippen MR) is 101 cm³/mol. The van der Waals surface area contributed by atoms with Crippen LogP contribution >= 0.6 is 0 Å². The Morgan fingerprint density at radius 3 is 1.64 bits per heavy atom. The smallest absolute Gasteiger partial charge is 0.0657 e. The lowest BCUT2D eigenvalue weighted by atomic mass is 10.2. The molecular formula is C21H31N. The summed E-state index contributed by atoms with van der Waals surface area (Å²) in [5, 5.41) is 0. The average Bonchev–Trinajstić information content (AvgIpc) is 2.51. The quantitative estimate of drug-likeness (QED) is 0.534. The predicted octanol–water partition coefficient (Wildman–Crippen LogP) is 6.91. The van der Waals surface area contributed by atoms with E-state index in [0.29, 0.717) is 0 Å². The molecule has 1 nitrogen and oxygen atoms in total. The van der Waals surface area contributed by atoms with Gasteiger partial charge in [0.15, 0.2) is 0 Å². The van der Waals surface area contributed by atoms with Gasteiger partial charge in [-0.05, 0) is 39.3 Å². The summed E-state index contributed by atoms with van der Waals surface area (Å²) in [4.78, 5) is 4.38. The van der Waals surface area contributed by atoms with Crippen molar-refractivity contribution < 1.29 is 0 Å². The summed E-state index contributed by atoms with van der Waals surface area (Å²) in [6.07, 6.45) is 2.64. The molecule has 0 aromatic heterocycles. The van der Waals surface area contributed by atoms with Crippen LogP contribution in [0, 0.1) is 13.8 Å². The van der Waals surface area contributed by atoms with Gasteiger partial charge in [0, 0.05) is 5.71 Å². The van der Waals surface area contributed by atoms with Gasteiger partial charge in [0.1, 0.15) is 0 Å². The van der Waals surface area contributed by atoms with E-state index in [9.17, 15) is 0 Å². The third kappa shape index (κ3) is 10.8. The number of para-hydroxylation sites is 1. The van der Waals surface area contributed by atoms with Gasteiger partial charge in [-0.25, -0.2) is 0 Å². The first kappa shape index (κ1) is 20.1. The highest BCUT2D eigenvalue weighted by molar-refractivity contribution is 5.82. The highest BCUT2D eigenvalue weighted by Gasteiger charge is 1.91. The summed E-state index contributed by atoms with van der Waals surface area (Å²) < 4.78 is 0. The highest BCUT2D eigenvalue weighted by atomic mass is 14.7. The van der Waals surface area contributed by atoms with E-state index in [1.54, 1.807) is 0 Å². The molecule has 120 valence electrons. The maximum atomic E-state index is 4.38. The van der Waals surface area contributed by atoms with E-state index in [1.807, 2.05) is 50.2 Å². The number of aliphatic imine (C=N–C) groups is 1. The van der Waals surface area contributed by atoms with Gasteiger partial charge >= 0.3 is 0 Å². The van der Waals surface area contributed by atoms with Crippen molar-refractivity contribution in [3.05, 3.63) is 65.7 Å². The molecule has 0 unspecified atom stereocenters. The number of aryl methyl sites for hydroxylation is 2. The minimum absolute atomic E-state index is 1.08. The van der Waals surface area contributed by atoms with Gasteiger partial charge in [0.05, 0.1) is 5.69 Å². The molecule has 0 radical (unpaired) electrons. The molecule has 2 aromatic carbocycles. The fourth-order valence-electron chi connectivity index (χ4n) is 1.46. The van der Waals surface area contributed by atoms with Crippen molar-refractivity contribution in [2.24, 2.45) is 4.99 Å². The van der Waals surface area contributed by atoms with E-state index in [-0.39, 0.29) is 0 Å². The van der Waals surface area contributed by atoms with Crippen LogP contribution in [0.3, 0.4) is 0 Å². The molecule has 0 saturated heterocycles. The molecule has 0 saturated carbocycles. The molecule has 0 aliphatic rings. The van der Waals surface area contributed by atoms with E-state index in [1.165, 1.54) is 24.0 Å². The van der Waals surface area contributed by atoms with Crippen LogP contribution in [0.1, 0.15) is 51.7 Å². The molecule has 0 amide bonds. The third-order valence-corrected chi connectivity index (χ3v) is 2.90. The Kier molecular flexibility index (Phi) is 11.7. The van der Waals surface area contributed by atoms with Crippen LogP contribution in [0.5, 0.6) is 0 Å². The second kappa shape index (κ2) is 12.8. The molecule has 2 rings (SSSR count). The van der Waals surface area contributed by atoms with Crippen molar-refractivity contribution in [1.82, 2.24) is 0 Å². The Hall–Kier alpha value is -1.89. The normalized spacial score (nSPS) is 8.82. The molecule has 1 heteroatoms. The fourth-order valence-corrected chi connectivity index (χ4v) is 1.46. The number of nitrogens with zero attached hydrogens (tertiary/aromatic N) is 1. The van der Waals surface area contributed by atoms with Crippen LogP contribution < -0.4 is 0 Å². The van der Waals surface area contributed by atoms with Crippen molar-refractivity contribution in [3.63, 3.8) is 0 Å². The van der Waals surface area contributed by atoms with Crippen molar-refractivity contribution in [1.29, 1.82) is 0 Å². The molecule has 0 aliphatic carbocycles.